The van der Waals surface area contributed by atoms with E-state index >= 15 is 0 Å². The molecule has 3 heterocycles. The predicted molar refractivity (Wildman–Crippen MR) is 94.4 cm³/mol. The molecule has 7 nitrogen and oxygen atoms in total. The fourth-order valence-electron chi connectivity index (χ4n) is 4.06. The van der Waals surface area contributed by atoms with Crippen LogP contribution < -0.4 is 0 Å². The highest BCUT2D eigenvalue weighted by Crippen LogP contribution is 2.33. The van der Waals surface area contributed by atoms with Crippen molar-refractivity contribution in [2.24, 2.45) is 0 Å². The standard InChI is InChI=1S/C18H22N2O5S/c21-17(11-16-14-3-1-2-4-15(14)18(22)25-16)20-8-6-19(7-9-20)13-5-10-26(23,24)12-13/h1-4,13,16H,5-12H2/t13-,16-/m1/s1. The Bertz CT molecular complexity index is 830. The second kappa shape index (κ2) is 6.66. The Morgan fingerprint density at radius 2 is 1.88 bits per heavy atom. The molecule has 3 aliphatic heterocycles. The van der Waals surface area contributed by atoms with Crippen molar-refractivity contribution in [2.75, 3.05) is 37.7 Å². The minimum absolute atomic E-state index is 0.0294. The lowest BCUT2D eigenvalue weighted by Crippen LogP contribution is -2.52. The maximum Gasteiger partial charge on any atom is 0.339 e. The van der Waals surface area contributed by atoms with E-state index in [9.17, 15) is 18.0 Å². The van der Waals surface area contributed by atoms with Gasteiger partial charge in [-0.2, -0.15) is 0 Å². The van der Waals surface area contributed by atoms with Crippen LogP contribution in [0, 0.1) is 0 Å². The lowest BCUT2D eigenvalue weighted by Gasteiger charge is -2.37. The molecule has 0 radical (unpaired) electrons. The molecule has 3 aliphatic rings. The van der Waals surface area contributed by atoms with Gasteiger partial charge in [0.15, 0.2) is 9.84 Å². The molecule has 0 aliphatic carbocycles. The van der Waals surface area contributed by atoms with E-state index in [1.165, 1.54) is 0 Å². The number of ether oxygens (including phenoxy) is 1. The van der Waals surface area contributed by atoms with E-state index in [0.717, 1.165) is 5.56 Å². The molecule has 8 heteroatoms. The second-order valence-electron chi connectivity index (χ2n) is 7.16. The van der Waals surface area contributed by atoms with Crippen LogP contribution in [0.15, 0.2) is 24.3 Å². The number of sulfone groups is 1. The van der Waals surface area contributed by atoms with E-state index in [-0.39, 0.29) is 35.8 Å². The third-order valence-electron chi connectivity index (χ3n) is 5.53. The average molecular weight is 378 g/mol. The molecule has 0 aromatic heterocycles. The van der Waals surface area contributed by atoms with E-state index in [1.54, 1.807) is 17.0 Å². The van der Waals surface area contributed by atoms with Crippen LogP contribution in [-0.4, -0.2) is 73.8 Å². The van der Waals surface area contributed by atoms with Crippen LogP contribution >= 0.6 is 0 Å². The van der Waals surface area contributed by atoms with Gasteiger partial charge in [-0.15, -0.1) is 0 Å². The van der Waals surface area contributed by atoms with Gasteiger partial charge in [0.1, 0.15) is 6.10 Å². The Morgan fingerprint density at radius 3 is 2.58 bits per heavy atom. The zero-order chi connectivity index (χ0) is 18.3. The average Bonchev–Trinajstić information content (AvgIpc) is 3.15. The molecule has 1 aromatic carbocycles. The molecule has 4 rings (SSSR count). The summed E-state index contributed by atoms with van der Waals surface area (Å²) in [7, 11) is -2.89. The van der Waals surface area contributed by atoms with Crippen LogP contribution in [0.4, 0.5) is 0 Å². The van der Waals surface area contributed by atoms with Gasteiger partial charge in [-0.05, 0) is 12.5 Å². The van der Waals surface area contributed by atoms with E-state index in [0.29, 0.717) is 38.2 Å². The fourth-order valence-corrected chi connectivity index (χ4v) is 5.82. The van der Waals surface area contributed by atoms with Gasteiger partial charge in [-0.25, -0.2) is 13.2 Å². The number of cyclic esters (lactones) is 1. The van der Waals surface area contributed by atoms with Gasteiger partial charge >= 0.3 is 5.97 Å². The van der Waals surface area contributed by atoms with Crippen LogP contribution in [0.5, 0.6) is 0 Å². The topological polar surface area (TPSA) is 84.0 Å². The van der Waals surface area contributed by atoms with Gasteiger partial charge in [0.25, 0.3) is 0 Å². The van der Waals surface area contributed by atoms with Crippen molar-refractivity contribution < 1.29 is 22.7 Å². The molecule has 2 fully saturated rings. The van der Waals surface area contributed by atoms with Crippen molar-refractivity contribution in [1.29, 1.82) is 0 Å². The maximum absolute atomic E-state index is 12.6. The summed E-state index contributed by atoms with van der Waals surface area (Å²) in [5.41, 5.74) is 1.32. The Labute approximate surface area is 152 Å². The van der Waals surface area contributed by atoms with Crippen LogP contribution in [0.25, 0.3) is 0 Å². The van der Waals surface area contributed by atoms with Crippen LogP contribution in [0.3, 0.4) is 0 Å². The van der Waals surface area contributed by atoms with Crippen molar-refractivity contribution in [3.05, 3.63) is 35.4 Å². The number of benzene rings is 1. The molecule has 1 aromatic rings. The lowest BCUT2D eigenvalue weighted by atomic mass is 10.0. The van der Waals surface area contributed by atoms with Crippen molar-refractivity contribution in [3.8, 4) is 0 Å². The SMILES string of the molecule is O=C1O[C@H](CC(=O)N2CCN([C@@H]3CCS(=O)(=O)C3)CC2)c2ccccc21. The normalized spacial score (nSPS) is 28.0. The van der Waals surface area contributed by atoms with Crippen molar-refractivity contribution in [2.45, 2.75) is 25.0 Å². The highest BCUT2D eigenvalue weighted by Gasteiger charge is 2.36. The first-order valence-electron chi connectivity index (χ1n) is 8.95. The Morgan fingerprint density at radius 1 is 1.15 bits per heavy atom. The molecule has 26 heavy (non-hydrogen) atoms. The van der Waals surface area contributed by atoms with Crippen LogP contribution in [0.2, 0.25) is 0 Å². The number of hydrogen-bond acceptors (Lipinski definition) is 6. The molecular weight excluding hydrogens is 356 g/mol. The first-order valence-corrected chi connectivity index (χ1v) is 10.8. The van der Waals surface area contributed by atoms with Gasteiger partial charge in [0, 0.05) is 37.8 Å². The van der Waals surface area contributed by atoms with Gasteiger partial charge in [-0.1, -0.05) is 18.2 Å². The summed E-state index contributed by atoms with van der Waals surface area (Å²) < 4.78 is 28.6. The lowest BCUT2D eigenvalue weighted by molar-refractivity contribution is -0.135. The third-order valence-corrected chi connectivity index (χ3v) is 7.28. The summed E-state index contributed by atoms with van der Waals surface area (Å²) in [4.78, 5) is 28.5. The summed E-state index contributed by atoms with van der Waals surface area (Å²) in [6.07, 6.45) is 0.329. The zero-order valence-corrected chi connectivity index (χ0v) is 15.3. The molecule has 1 amide bonds. The summed E-state index contributed by atoms with van der Waals surface area (Å²) in [5, 5.41) is 0. The van der Waals surface area contributed by atoms with Gasteiger partial charge in [-0.3, -0.25) is 9.69 Å². The molecule has 0 N–H and O–H groups in total. The number of piperazine rings is 1. The smallest absolute Gasteiger partial charge is 0.339 e. The predicted octanol–water partition coefficient (Wildman–Crippen LogP) is 0.620. The number of carbonyl (C=O) groups excluding carboxylic acids is 2. The molecule has 2 saturated heterocycles. The minimum Gasteiger partial charge on any atom is -0.453 e. The number of nitrogens with zero attached hydrogens (tertiary/aromatic N) is 2. The van der Waals surface area contributed by atoms with Crippen molar-refractivity contribution in [1.82, 2.24) is 9.80 Å². The summed E-state index contributed by atoms with van der Waals surface area (Å²) >= 11 is 0. The van der Waals surface area contributed by atoms with E-state index in [2.05, 4.69) is 4.90 Å². The third kappa shape index (κ3) is 3.35. The van der Waals surface area contributed by atoms with Gasteiger partial charge in [0.2, 0.25) is 5.91 Å². The Hall–Kier alpha value is -1.93. The summed E-state index contributed by atoms with van der Waals surface area (Å²) in [5.74, 6) is 0.0998. The summed E-state index contributed by atoms with van der Waals surface area (Å²) in [6.45, 7) is 2.54. The molecule has 0 saturated carbocycles. The molecule has 0 spiro atoms. The molecule has 0 unspecified atom stereocenters. The Balaban J connectivity index is 1.33. The summed E-state index contributed by atoms with van der Waals surface area (Å²) in [6, 6.07) is 7.26. The van der Waals surface area contributed by atoms with Crippen molar-refractivity contribution in [3.63, 3.8) is 0 Å². The maximum atomic E-state index is 12.6. The molecular formula is C18H22N2O5S. The van der Waals surface area contributed by atoms with E-state index in [1.807, 2.05) is 12.1 Å². The largest absolute Gasteiger partial charge is 0.453 e. The zero-order valence-electron chi connectivity index (χ0n) is 14.5. The molecule has 2 atom stereocenters. The second-order valence-corrected chi connectivity index (χ2v) is 9.39. The van der Waals surface area contributed by atoms with Gasteiger partial charge < -0.3 is 9.64 Å². The number of amides is 1. The highest BCUT2D eigenvalue weighted by atomic mass is 32.2. The number of rotatable bonds is 3. The fraction of sp³-hybridized carbons (Fsp3) is 0.556. The number of fused-ring (bicyclic) bond motifs is 1. The van der Waals surface area contributed by atoms with Crippen LogP contribution in [-0.2, 0) is 19.4 Å². The highest BCUT2D eigenvalue weighted by molar-refractivity contribution is 7.91. The quantitative estimate of drug-likeness (QED) is 0.717. The minimum atomic E-state index is -2.89. The number of carbonyl (C=O) groups is 2. The monoisotopic (exact) mass is 378 g/mol. The first-order chi connectivity index (χ1) is 12.4. The van der Waals surface area contributed by atoms with Crippen molar-refractivity contribution >= 4 is 21.7 Å². The van der Waals surface area contributed by atoms with Crippen LogP contribution in [0.1, 0.15) is 34.9 Å². The number of esters is 1. The molecule has 140 valence electrons. The Kier molecular flexibility index (Phi) is 4.48. The first kappa shape index (κ1) is 17.5. The van der Waals surface area contributed by atoms with E-state index < -0.39 is 15.9 Å². The van der Waals surface area contributed by atoms with E-state index in [4.69, 9.17) is 4.74 Å². The number of hydrogen-bond donors (Lipinski definition) is 0. The molecule has 0 bridgehead atoms. The van der Waals surface area contributed by atoms with Gasteiger partial charge in [0.05, 0.1) is 23.5 Å².